The topological polar surface area (TPSA) is 146 Å². The van der Waals surface area contributed by atoms with Gasteiger partial charge in [0.1, 0.15) is 35.0 Å². The predicted molar refractivity (Wildman–Crippen MR) is 257 cm³/mol. The minimum absolute atomic E-state index is 0.0728. The maximum Gasteiger partial charge on any atom is 0.258 e. The summed E-state index contributed by atoms with van der Waals surface area (Å²) in [4.78, 5) is 66.7. The van der Waals surface area contributed by atoms with Crippen molar-refractivity contribution in [3.05, 3.63) is 170 Å². The van der Waals surface area contributed by atoms with Crippen LogP contribution in [-0.2, 0) is 55.0 Å². The zero-order chi connectivity index (χ0) is 49.3. The second-order valence-corrected chi connectivity index (χ2v) is 17.8. The van der Waals surface area contributed by atoms with Crippen molar-refractivity contribution in [3.63, 3.8) is 0 Å². The van der Waals surface area contributed by atoms with Crippen LogP contribution >= 0.6 is 0 Å². The van der Waals surface area contributed by atoms with Crippen LogP contribution < -0.4 is 9.47 Å². The number of fused-ring (bicyclic) bond motifs is 4. The molecule has 0 atom stereocenters. The van der Waals surface area contributed by atoms with E-state index in [1.165, 1.54) is 34.1 Å². The van der Waals surface area contributed by atoms with Crippen LogP contribution in [0.4, 0.5) is 8.78 Å². The number of benzene rings is 5. The standard InChI is InChI=1S/C31H30FN3O4.C23H22FN3O3/c1-34(2)27(36)15-24-25-14-21(13-19-5-9-22(32)10-6-19)16-33-29(25)30(28-26(24)17-35(3)31(28)37)39-18-20-7-11-23(38-4)12-8-20;1-26(2)19(28)10-16-17-9-14(8-13-4-6-15(24)7-5-13)11-25-21(17)22(29)20-18(16)12-27(3)23(20)30/h5-12,14,16H,13,15,17-18H2,1-4H3;4-7,9,11,29H,8,10,12H2,1-3H3. The van der Waals surface area contributed by atoms with E-state index < -0.39 is 0 Å². The lowest BCUT2D eigenvalue weighted by atomic mass is 9.92. The molecule has 7 aromatic rings. The summed E-state index contributed by atoms with van der Waals surface area (Å²) in [6.07, 6.45) is 4.70. The number of ether oxygens (including phenoxy) is 2. The first-order valence-corrected chi connectivity index (χ1v) is 22.3. The van der Waals surface area contributed by atoms with Crippen LogP contribution in [0.15, 0.2) is 97.3 Å². The Bertz CT molecular complexity index is 3140. The molecule has 9 rings (SSSR count). The van der Waals surface area contributed by atoms with Crippen LogP contribution in [0.25, 0.3) is 21.8 Å². The highest BCUT2D eigenvalue weighted by Crippen LogP contribution is 2.42. The van der Waals surface area contributed by atoms with Gasteiger partial charge in [0.15, 0.2) is 11.5 Å². The number of aromatic hydroxyl groups is 1. The van der Waals surface area contributed by atoms with Crippen molar-refractivity contribution in [2.45, 2.75) is 45.4 Å². The average molecular weight is 935 g/mol. The fraction of sp³-hybridized carbons (Fsp3) is 0.259. The van der Waals surface area contributed by atoms with Gasteiger partial charge in [0, 0.05) is 78.5 Å². The van der Waals surface area contributed by atoms with Crippen LogP contribution in [0.5, 0.6) is 17.2 Å². The number of likely N-dealkylation sites (N-methyl/N-ethyl adjacent to an activating group) is 2. The summed E-state index contributed by atoms with van der Waals surface area (Å²) in [6.45, 7) is 0.939. The molecule has 0 spiro atoms. The molecule has 2 aliphatic rings. The molecule has 0 bridgehead atoms. The quantitative estimate of drug-likeness (QED) is 0.131. The Morgan fingerprint density at radius 3 is 1.55 bits per heavy atom. The van der Waals surface area contributed by atoms with Gasteiger partial charge in [-0.15, -0.1) is 0 Å². The van der Waals surface area contributed by atoms with E-state index in [9.17, 15) is 33.1 Å². The Balaban J connectivity index is 0.000000192. The third-order valence-electron chi connectivity index (χ3n) is 12.5. The van der Waals surface area contributed by atoms with Crippen molar-refractivity contribution in [1.29, 1.82) is 0 Å². The molecule has 13 nitrogen and oxygen atoms in total. The number of halogens is 2. The second-order valence-electron chi connectivity index (χ2n) is 17.8. The maximum atomic E-state index is 13.4. The van der Waals surface area contributed by atoms with E-state index in [0.29, 0.717) is 64.8 Å². The summed E-state index contributed by atoms with van der Waals surface area (Å²) in [5, 5.41) is 12.2. The summed E-state index contributed by atoms with van der Waals surface area (Å²) < 4.78 is 38.2. The first kappa shape index (κ1) is 47.5. The monoisotopic (exact) mass is 934 g/mol. The number of phenolic OH excluding ortho intramolecular Hbond substituents is 1. The van der Waals surface area contributed by atoms with Crippen molar-refractivity contribution >= 4 is 45.4 Å². The second kappa shape index (κ2) is 19.7. The lowest BCUT2D eigenvalue weighted by molar-refractivity contribution is -0.128. The van der Waals surface area contributed by atoms with E-state index in [0.717, 1.165) is 50.1 Å². The number of rotatable bonds is 12. The van der Waals surface area contributed by atoms with Crippen LogP contribution in [0.1, 0.15) is 70.8 Å². The molecule has 4 amide bonds. The summed E-state index contributed by atoms with van der Waals surface area (Å²) in [5.41, 5.74) is 9.02. The van der Waals surface area contributed by atoms with Crippen LogP contribution in [0, 0.1) is 11.6 Å². The van der Waals surface area contributed by atoms with Gasteiger partial charge in [-0.1, -0.05) is 36.4 Å². The lowest BCUT2D eigenvalue weighted by Crippen LogP contribution is -2.24. The molecule has 354 valence electrons. The number of hydrogen-bond donors (Lipinski definition) is 1. The van der Waals surface area contributed by atoms with E-state index in [-0.39, 0.29) is 66.0 Å². The van der Waals surface area contributed by atoms with Gasteiger partial charge in [0.2, 0.25) is 11.8 Å². The van der Waals surface area contributed by atoms with Gasteiger partial charge in [0.05, 0.1) is 31.1 Å². The number of aromatic nitrogens is 2. The third-order valence-corrected chi connectivity index (χ3v) is 12.5. The molecule has 0 aliphatic carbocycles. The minimum atomic E-state index is -0.297. The highest BCUT2D eigenvalue weighted by Gasteiger charge is 2.36. The SMILES string of the molecule is CN(C)C(=O)Cc1c2c(c(O)c3ncc(Cc4ccc(F)cc4)cc13)C(=O)N(C)C2.COc1ccc(COc2c3c(c(CC(=O)N(C)C)c4cc(Cc5ccc(F)cc5)cnc24)CN(C)C3=O)cc1. The molecular formula is C54H52F2N6O7. The van der Waals surface area contributed by atoms with E-state index >= 15 is 0 Å². The summed E-state index contributed by atoms with van der Waals surface area (Å²) in [7, 11) is 11.8. The van der Waals surface area contributed by atoms with Gasteiger partial charge in [0.25, 0.3) is 11.8 Å². The lowest BCUT2D eigenvalue weighted by Gasteiger charge is -2.19. The number of carbonyl (C=O) groups excluding carboxylic acids is 4. The molecule has 69 heavy (non-hydrogen) atoms. The zero-order valence-corrected chi connectivity index (χ0v) is 39.5. The van der Waals surface area contributed by atoms with Crippen molar-refractivity contribution in [2.24, 2.45) is 0 Å². The molecule has 2 aliphatic heterocycles. The highest BCUT2D eigenvalue weighted by molar-refractivity contribution is 6.09. The number of nitrogens with zero attached hydrogens (tertiary/aromatic N) is 6. The highest BCUT2D eigenvalue weighted by atomic mass is 19.1. The molecule has 4 heterocycles. The molecule has 15 heteroatoms. The van der Waals surface area contributed by atoms with E-state index in [4.69, 9.17) is 14.5 Å². The van der Waals surface area contributed by atoms with E-state index in [1.807, 2.05) is 36.4 Å². The van der Waals surface area contributed by atoms with E-state index in [2.05, 4.69) is 4.98 Å². The number of hydrogen-bond acceptors (Lipinski definition) is 9. The Morgan fingerprint density at radius 1 is 0.638 bits per heavy atom. The number of carbonyl (C=O) groups is 4. The summed E-state index contributed by atoms with van der Waals surface area (Å²) in [6, 6.07) is 24.0. The maximum absolute atomic E-state index is 13.4. The first-order valence-electron chi connectivity index (χ1n) is 22.3. The smallest absolute Gasteiger partial charge is 0.258 e. The molecule has 0 saturated carbocycles. The van der Waals surface area contributed by atoms with Crippen LogP contribution in [0.2, 0.25) is 0 Å². The molecular weight excluding hydrogens is 883 g/mol. The summed E-state index contributed by atoms with van der Waals surface area (Å²) >= 11 is 0. The fourth-order valence-corrected chi connectivity index (χ4v) is 8.70. The molecule has 0 fully saturated rings. The number of methoxy groups -OCH3 is 1. The van der Waals surface area contributed by atoms with Crippen molar-refractivity contribution < 1.29 is 42.5 Å². The van der Waals surface area contributed by atoms with Gasteiger partial charge in [-0.2, -0.15) is 0 Å². The molecule has 0 unspecified atom stereocenters. The Kier molecular flexibility index (Phi) is 13.6. The average Bonchev–Trinajstić information content (AvgIpc) is 3.81. The minimum Gasteiger partial charge on any atom is -0.505 e. The van der Waals surface area contributed by atoms with Crippen LogP contribution in [-0.4, -0.2) is 108 Å². The third kappa shape index (κ3) is 9.89. The molecule has 1 N–H and O–H groups in total. The van der Waals surface area contributed by atoms with Gasteiger partial charge in [-0.3, -0.25) is 29.1 Å². The van der Waals surface area contributed by atoms with Gasteiger partial charge >= 0.3 is 0 Å². The summed E-state index contributed by atoms with van der Waals surface area (Å²) in [5.74, 6) is -0.188. The number of pyridine rings is 2. The Hall–Kier alpha value is -7.94. The molecule has 0 saturated heterocycles. The van der Waals surface area contributed by atoms with E-state index in [1.54, 1.807) is 95.9 Å². The Labute approximate surface area is 398 Å². The number of amides is 4. The van der Waals surface area contributed by atoms with Crippen molar-refractivity contribution in [1.82, 2.24) is 29.6 Å². The van der Waals surface area contributed by atoms with Gasteiger partial charge in [-0.05, 0) is 111 Å². The van der Waals surface area contributed by atoms with Gasteiger partial charge < -0.3 is 34.2 Å². The molecule has 5 aromatic carbocycles. The fourth-order valence-electron chi connectivity index (χ4n) is 8.70. The molecule has 0 radical (unpaired) electrons. The Morgan fingerprint density at radius 2 is 1.07 bits per heavy atom. The van der Waals surface area contributed by atoms with Crippen LogP contribution in [0.3, 0.4) is 0 Å². The number of phenols is 1. The molecule has 2 aromatic heterocycles. The predicted octanol–water partition coefficient (Wildman–Crippen LogP) is 7.66. The van der Waals surface area contributed by atoms with Crippen molar-refractivity contribution in [3.8, 4) is 17.2 Å². The normalized spacial score (nSPS) is 12.8. The van der Waals surface area contributed by atoms with Crippen molar-refractivity contribution in [2.75, 3.05) is 49.4 Å². The zero-order valence-electron chi connectivity index (χ0n) is 39.5. The first-order chi connectivity index (χ1) is 33.0. The largest absolute Gasteiger partial charge is 0.505 e. The van der Waals surface area contributed by atoms with Gasteiger partial charge in [-0.25, -0.2) is 8.78 Å².